The van der Waals surface area contributed by atoms with E-state index in [1.54, 1.807) is 0 Å². The Hall–Kier alpha value is -7.31. The lowest BCUT2D eigenvalue weighted by molar-refractivity contribution is 0.953. The molecule has 6 heteroatoms. The van der Waals surface area contributed by atoms with Gasteiger partial charge in [-0.2, -0.15) is 9.97 Å². The lowest BCUT2D eigenvalue weighted by atomic mass is 10.1. The van der Waals surface area contributed by atoms with Gasteiger partial charge >= 0.3 is 0 Å². The Morgan fingerprint density at radius 1 is 0.321 bits per heavy atom. The molecule has 0 saturated carbocycles. The van der Waals surface area contributed by atoms with Crippen molar-refractivity contribution in [2.75, 3.05) is 0 Å². The van der Waals surface area contributed by atoms with Crippen molar-refractivity contribution in [1.82, 2.24) is 28.7 Å². The Bertz CT molecular complexity index is 3100. The first-order valence-electron chi connectivity index (χ1n) is 17.8. The maximum absolute atomic E-state index is 5.28. The van der Waals surface area contributed by atoms with Gasteiger partial charge in [0.05, 0.1) is 27.6 Å². The zero-order chi connectivity index (χ0) is 34.9. The van der Waals surface area contributed by atoms with Crippen LogP contribution in [-0.4, -0.2) is 28.7 Å². The molecule has 0 N–H and O–H groups in total. The van der Waals surface area contributed by atoms with E-state index in [1.165, 1.54) is 10.8 Å². The summed E-state index contributed by atoms with van der Waals surface area (Å²) in [4.78, 5) is 15.6. The number of para-hydroxylation sites is 3. The summed E-state index contributed by atoms with van der Waals surface area (Å²) in [6.07, 6.45) is 0. The molecule has 0 aliphatic carbocycles. The lowest BCUT2D eigenvalue weighted by Crippen LogP contribution is -2.06. The Kier molecular flexibility index (Phi) is 6.45. The summed E-state index contributed by atoms with van der Waals surface area (Å²) in [7, 11) is 0. The average Bonchev–Trinajstić information content (AvgIpc) is 3.87. The molecule has 0 spiro atoms. The summed E-state index contributed by atoms with van der Waals surface area (Å²) in [5.74, 6) is 1.80. The highest BCUT2D eigenvalue weighted by Gasteiger charge is 2.29. The Morgan fingerprint density at radius 3 is 1.43 bits per heavy atom. The predicted molar refractivity (Wildman–Crippen MR) is 216 cm³/mol. The number of fused-ring (bicyclic) bond motifs is 8. The fourth-order valence-corrected chi connectivity index (χ4v) is 7.97. The molecule has 0 unspecified atom stereocenters. The van der Waals surface area contributed by atoms with Gasteiger partial charge in [-0.1, -0.05) is 146 Å². The van der Waals surface area contributed by atoms with Crippen molar-refractivity contribution in [2.24, 2.45) is 0 Å². The van der Waals surface area contributed by atoms with E-state index >= 15 is 0 Å². The van der Waals surface area contributed by atoms with Gasteiger partial charge in [0, 0.05) is 33.3 Å². The smallest absolute Gasteiger partial charge is 0.238 e. The summed E-state index contributed by atoms with van der Waals surface area (Å²) in [6.45, 7) is 0. The van der Waals surface area contributed by atoms with Gasteiger partial charge in [0.15, 0.2) is 11.6 Å². The Labute approximate surface area is 304 Å². The Balaban J connectivity index is 1.36. The molecular formula is C47H30N6. The van der Waals surface area contributed by atoms with Gasteiger partial charge in [-0.3, -0.25) is 4.57 Å². The molecule has 6 nitrogen and oxygen atoms in total. The molecule has 4 aromatic heterocycles. The van der Waals surface area contributed by atoms with Crippen LogP contribution in [0.1, 0.15) is 0 Å². The third kappa shape index (κ3) is 4.49. The average molecular weight is 679 g/mol. The quantitative estimate of drug-likeness (QED) is 0.182. The highest BCUT2D eigenvalue weighted by atomic mass is 15.2. The largest absolute Gasteiger partial charge is 0.306 e. The van der Waals surface area contributed by atoms with Gasteiger partial charge in [-0.15, -0.1) is 0 Å². The molecule has 0 amide bonds. The highest BCUT2D eigenvalue weighted by molar-refractivity contribution is 6.25. The SMILES string of the molecule is c1ccc(-c2nc(-c3ccccc3)nc(-n3c4ccccc4c4c3c3c(c5ccccc5n3-c3ccccc3)n4-c3ccc4ccccc4c3)n2)cc1. The van der Waals surface area contributed by atoms with E-state index in [9.17, 15) is 0 Å². The fraction of sp³-hybridized carbons (Fsp3) is 0. The first-order chi connectivity index (χ1) is 26.3. The molecule has 0 radical (unpaired) electrons. The maximum Gasteiger partial charge on any atom is 0.238 e. The van der Waals surface area contributed by atoms with E-state index in [0.717, 1.165) is 66.4 Å². The number of hydrogen-bond donors (Lipinski definition) is 0. The number of nitrogens with zero attached hydrogens (tertiary/aromatic N) is 6. The van der Waals surface area contributed by atoms with Crippen molar-refractivity contribution in [3.8, 4) is 40.1 Å². The predicted octanol–water partition coefficient (Wildman–Crippen LogP) is 11.3. The topological polar surface area (TPSA) is 53.5 Å². The van der Waals surface area contributed by atoms with Gasteiger partial charge < -0.3 is 9.13 Å². The van der Waals surface area contributed by atoms with E-state index in [0.29, 0.717) is 17.6 Å². The fourth-order valence-electron chi connectivity index (χ4n) is 7.97. The summed E-state index contributed by atoms with van der Waals surface area (Å²) < 4.78 is 7.11. The van der Waals surface area contributed by atoms with Gasteiger partial charge in [0.1, 0.15) is 5.52 Å². The van der Waals surface area contributed by atoms with E-state index in [1.807, 2.05) is 36.4 Å². The first-order valence-corrected chi connectivity index (χ1v) is 17.8. The molecule has 0 bridgehead atoms. The zero-order valence-corrected chi connectivity index (χ0v) is 28.5. The number of benzene rings is 7. The van der Waals surface area contributed by atoms with Gasteiger partial charge in [-0.25, -0.2) is 4.98 Å². The number of aromatic nitrogens is 6. The molecule has 248 valence electrons. The lowest BCUT2D eigenvalue weighted by Gasteiger charge is -2.12. The number of rotatable bonds is 5. The van der Waals surface area contributed by atoms with Crippen molar-refractivity contribution >= 4 is 54.6 Å². The van der Waals surface area contributed by atoms with Crippen LogP contribution >= 0.6 is 0 Å². The van der Waals surface area contributed by atoms with Crippen LogP contribution in [0.25, 0.3) is 94.7 Å². The molecule has 7 aromatic carbocycles. The third-order valence-electron chi connectivity index (χ3n) is 10.3. The molecule has 0 fully saturated rings. The van der Waals surface area contributed by atoms with E-state index in [4.69, 9.17) is 15.0 Å². The van der Waals surface area contributed by atoms with Gasteiger partial charge in [0.2, 0.25) is 5.95 Å². The van der Waals surface area contributed by atoms with Crippen LogP contribution in [0.3, 0.4) is 0 Å². The van der Waals surface area contributed by atoms with Crippen molar-refractivity contribution in [1.29, 1.82) is 0 Å². The molecule has 11 aromatic rings. The number of hydrogen-bond acceptors (Lipinski definition) is 3. The second-order valence-electron chi connectivity index (χ2n) is 13.3. The molecule has 0 aliphatic heterocycles. The van der Waals surface area contributed by atoms with Crippen LogP contribution in [0.4, 0.5) is 0 Å². The summed E-state index contributed by atoms with van der Waals surface area (Å²) in [6, 6.07) is 63.6. The monoisotopic (exact) mass is 678 g/mol. The standard InChI is InChI=1S/C47H30N6/c1-4-17-32(18-5-1)45-48-46(33-19-6-2-7-20-33)50-47(49-45)53-40-27-15-13-25-38(40)42-44(53)43-41(52(42)36-29-28-31-16-10-11-21-34(31)30-36)37-24-12-14-26-39(37)51(43)35-22-8-3-9-23-35/h1-30H. The van der Waals surface area contributed by atoms with Gasteiger partial charge in [-0.05, 0) is 47.2 Å². The maximum atomic E-state index is 5.28. The van der Waals surface area contributed by atoms with Crippen LogP contribution in [0.5, 0.6) is 0 Å². The summed E-state index contributed by atoms with van der Waals surface area (Å²) >= 11 is 0. The van der Waals surface area contributed by atoms with Crippen LogP contribution in [0.15, 0.2) is 182 Å². The van der Waals surface area contributed by atoms with Crippen LogP contribution in [0.2, 0.25) is 0 Å². The Morgan fingerprint density at radius 2 is 0.811 bits per heavy atom. The van der Waals surface area contributed by atoms with Crippen LogP contribution in [0, 0.1) is 0 Å². The van der Waals surface area contributed by atoms with Crippen molar-refractivity contribution in [2.45, 2.75) is 0 Å². The van der Waals surface area contributed by atoms with E-state index in [2.05, 4.69) is 159 Å². The minimum absolute atomic E-state index is 0.561. The zero-order valence-electron chi connectivity index (χ0n) is 28.5. The molecule has 53 heavy (non-hydrogen) atoms. The molecular weight excluding hydrogens is 649 g/mol. The second-order valence-corrected chi connectivity index (χ2v) is 13.3. The normalized spacial score (nSPS) is 11.8. The second kappa shape index (κ2) is 11.6. The van der Waals surface area contributed by atoms with Crippen molar-refractivity contribution in [3.63, 3.8) is 0 Å². The van der Waals surface area contributed by atoms with Crippen molar-refractivity contribution in [3.05, 3.63) is 182 Å². The summed E-state index contributed by atoms with van der Waals surface area (Å²) in [5, 5.41) is 4.67. The molecule has 0 aliphatic rings. The van der Waals surface area contributed by atoms with Crippen molar-refractivity contribution < 1.29 is 0 Å². The van der Waals surface area contributed by atoms with E-state index < -0.39 is 0 Å². The molecule has 11 rings (SSSR count). The van der Waals surface area contributed by atoms with Gasteiger partial charge in [0.25, 0.3) is 0 Å². The van der Waals surface area contributed by atoms with Crippen LogP contribution < -0.4 is 0 Å². The van der Waals surface area contributed by atoms with Crippen LogP contribution in [-0.2, 0) is 0 Å². The molecule has 4 heterocycles. The molecule has 0 atom stereocenters. The highest BCUT2D eigenvalue weighted by Crippen LogP contribution is 2.45. The summed E-state index contributed by atoms with van der Waals surface area (Å²) in [5.41, 5.74) is 10.5. The minimum Gasteiger partial charge on any atom is -0.306 e. The minimum atomic E-state index is 0.561. The molecule has 0 saturated heterocycles. The first kappa shape index (κ1) is 29.4. The van der Waals surface area contributed by atoms with E-state index in [-0.39, 0.29) is 0 Å². The third-order valence-corrected chi connectivity index (χ3v) is 10.3.